The Balaban J connectivity index is 1.38. The Morgan fingerprint density at radius 2 is 1.97 bits per heavy atom. The number of aryl methyl sites for hydroxylation is 4. The van der Waals surface area contributed by atoms with E-state index < -0.39 is 6.08 Å². The zero-order chi connectivity index (χ0) is 26.4. The van der Waals surface area contributed by atoms with Crippen molar-refractivity contribution in [2.75, 3.05) is 13.1 Å². The maximum atomic E-state index is 14.4. The van der Waals surface area contributed by atoms with Crippen molar-refractivity contribution in [1.82, 2.24) is 29.4 Å². The van der Waals surface area contributed by atoms with Crippen molar-refractivity contribution >= 4 is 49.7 Å². The molecular weight excluding hydrogens is 562 g/mol. The maximum absolute atomic E-state index is 14.4. The molecule has 38 heavy (non-hydrogen) atoms. The van der Waals surface area contributed by atoms with E-state index in [2.05, 4.69) is 32.0 Å². The number of likely N-dealkylation sites (tertiary alicyclic amines) is 1. The normalized spacial score (nSPS) is 17.4. The zero-order valence-electron chi connectivity index (χ0n) is 21.8. The predicted octanol–water partition coefficient (Wildman–Crippen LogP) is 3.38. The summed E-state index contributed by atoms with van der Waals surface area (Å²) in [6.45, 7) is 5.97. The molecule has 1 aliphatic carbocycles. The van der Waals surface area contributed by atoms with Crippen LogP contribution in [0.5, 0.6) is 0 Å². The Morgan fingerprint density at radius 1 is 1.16 bits per heavy atom. The Kier molecular flexibility index (Phi) is 7.08. The summed E-state index contributed by atoms with van der Waals surface area (Å²) in [7, 11) is 0. The van der Waals surface area contributed by atoms with Crippen molar-refractivity contribution in [1.29, 1.82) is 0 Å². The van der Waals surface area contributed by atoms with Gasteiger partial charge in [0.2, 0.25) is 0 Å². The average Bonchev–Trinajstić information content (AvgIpc) is 3.61. The molecule has 2 aliphatic rings. The van der Waals surface area contributed by atoms with E-state index >= 15 is 0 Å². The van der Waals surface area contributed by atoms with Crippen LogP contribution in [0.2, 0.25) is 0 Å². The molecule has 2 atom stereocenters. The van der Waals surface area contributed by atoms with Gasteiger partial charge in [-0.1, -0.05) is 0 Å². The summed E-state index contributed by atoms with van der Waals surface area (Å²) in [5.41, 5.74) is 7.49. The quantitative estimate of drug-likeness (QED) is 0.253. The van der Waals surface area contributed by atoms with Crippen LogP contribution in [0.1, 0.15) is 60.8 Å². The van der Waals surface area contributed by atoms with E-state index in [9.17, 15) is 9.18 Å². The first-order chi connectivity index (χ1) is 18.4. The molecule has 2 unspecified atom stereocenters. The van der Waals surface area contributed by atoms with Gasteiger partial charge in [0.1, 0.15) is 0 Å². The number of nitrogens with zero attached hydrogens (tertiary/aromatic N) is 6. The molecule has 198 valence electrons. The zero-order valence-corrected chi connectivity index (χ0v) is 25.1. The number of imidazole rings is 1. The number of thiazole rings is 1. The molecule has 0 radical (unpaired) electrons. The molecule has 3 aromatic heterocycles. The van der Waals surface area contributed by atoms with Gasteiger partial charge in [-0.2, -0.15) is 0 Å². The molecule has 0 spiro atoms. The van der Waals surface area contributed by atoms with Crippen LogP contribution in [0.15, 0.2) is 17.5 Å². The monoisotopic (exact) mass is 594 g/mol. The van der Waals surface area contributed by atoms with Crippen LogP contribution in [0.3, 0.4) is 0 Å². The minimum absolute atomic E-state index is 0.137. The van der Waals surface area contributed by atoms with E-state index in [4.69, 9.17) is 9.97 Å². The van der Waals surface area contributed by atoms with Crippen LogP contribution >= 0.6 is 11.3 Å². The van der Waals surface area contributed by atoms with Crippen molar-refractivity contribution in [2.45, 2.75) is 65.3 Å². The first kappa shape index (κ1) is 25.6. The molecule has 1 saturated heterocycles. The number of amides is 1. The van der Waals surface area contributed by atoms with Crippen molar-refractivity contribution in [2.24, 2.45) is 5.92 Å². The third kappa shape index (κ3) is 5.03. The van der Waals surface area contributed by atoms with Crippen LogP contribution in [0, 0.1) is 18.9 Å². The summed E-state index contributed by atoms with van der Waals surface area (Å²) >= 11 is 2.93. The van der Waals surface area contributed by atoms with E-state index in [1.54, 1.807) is 18.3 Å². The van der Waals surface area contributed by atoms with Gasteiger partial charge in [-0.05, 0) is 0 Å². The molecule has 1 amide bonds. The van der Waals surface area contributed by atoms with Gasteiger partial charge in [-0.25, -0.2) is 0 Å². The SMILES string of the molecule is CC(=O)N1CCCC(CCn2c(Cc3cc4c(cc3-c3nc(C)cs3)CCC4)nc3c([AsH2])nc(F)nc32)C1. The van der Waals surface area contributed by atoms with Crippen LogP contribution in [-0.4, -0.2) is 65.3 Å². The molecule has 0 saturated carbocycles. The third-order valence-electron chi connectivity index (χ3n) is 7.91. The number of hydrogen-bond donors (Lipinski definition) is 0. The number of hydrogen-bond acceptors (Lipinski definition) is 6. The minimum atomic E-state index is -0.707. The molecule has 0 bridgehead atoms. The molecule has 1 aromatic carbocycles. The number of rotatable bonds is 6. The number of carbonyl (C=O) groups is 1. The third-order valence-corrected chi connectivity index (χ3v) is 9.75. The number of aromatic nitrogens is 5. The molecule has 1 aliphatic heterocycles. The first-order valence-electron chi connectivity index (χ1n) is 13.4. The van der Waals surface area contributed by atoms with Gasteiger partial charge in [0.15, 0.2) is 0 Å². The second-order valence-electron chi connectivity index (χ2n) is 10.6. The van der Waals surface area contributed by atoms with Gasteiger partial charge in [0, 0.05) is 0 Å². The van der Waals surface area contributed by atoms with Crippen LogP contribution in [0.4, 0.5) is 4.39 Å². The molecule has 6 rings (SSSR count). The molecular formula is C28H32AsFN6OS. The standard InChI is InChI=1S/C28H32AsFN6OS/c1-16-15-38-27(31-16)22-12-20-7-3-6-19(20)11-21(22)13-23-32-24-25(29)33-28(30)34-26(24)36(23)10-8-18-5-4-9-35(14-18)17(2)37/h11-12,15,18H,3-10,13-14,29H2,1-2H3. The molecule has 7 nitrogen and oxygen atoms in total. The molecule has 4 heterocycles. The fraction of sp³-hybridized carbons (Fsp3) is 0.464. The summed E-state index contributed by atoms with van der Waals surface area (Å²) in [6, 6.07) is 4.67. The fourth-order valence-corrected chi connectivity index (χ4v) is 7.45. The second kappa shape index (κ2) is 10.5. The average molecular weight is 595 g/mol. The van der Waals surface area contributed by atoms with Gasteiger partial charge < -0.3 is 0 Å². The summed E-state index contributed by atoms with van der Waals surface area (Å²) in [5, 5.41) is 3.13. The molecule has 10 heteroatoms. The summed E-state index contributed by atoms with van der Waals surface area (Å²) in [6.07, 6.45) is 6.31. The van der Waals surface area contributed by atoms with Crippen LogP contribution in [-0.2, 0) is 30.6 Å². The topological polar surface area (TPSA) is 76.8 Å². The van der Waals surface area contributed by atoms with Crippen LogP contribution < -0.4 is 4.48 Å². The van der Waals surface area contributed by atoms with Crippen molar-refractivity contribution in [3.05, 3.63) is 51.8 Å². The van der Waals surface area contributed by atoms with Crippen molar-refractivity contribution in [3.8, 4) is 10.6 Å². The fourth-order valence-electron chi connectivity index (χ4n) is 5.98. The Morgan fingerprint density at radius 3 is 2.74 bits per heavy atom. The van der Waals surface area contributed by atoms with E-state index in [1.807, 2.05) is 11.8 Å². The van der Waals surface area contributed by atoms with Gasteiger partial charge in [-0.3, -0.25) is 0 Å². The molecule has 0 N–H and O–H groups in total. The Hall–Kier alpha value is -2.64. The number of carbonyl (C=O) groups excluding carboxylic acids is 1. The Labute approximate surface area is 234 Å². The predicted molar refractivity (Wildman–Crippen MR) is 150 cm³/mol. The number of fused-ring (bicyclic) bond motifs is 2. The van der Waals surface area contributed by atoms with Crippen molar-refractivity contribution in [3.63, 3.8) is 0 Å². The summed E-state index contributed by atoms with van der Waals surface area (Å²) < 4.78 is 17.1. The van der Waals surface area contributed by atoms with Gasteiger partial charge in [0.05, 0.1) is 0 Å². The van der Waals surface area contributed by atoms with E-state index in [-0.39, 0.29) is 5.91 Å². The van der Waals surface area contributed by atoms with E-state index in [0.717, 1.165) is 61.7 Å². The Bertz CT molecular complexity index is 1530. The molecule has 1 fully saturated rings. The number of piperidine rings is 1. The van der Waals surface area contributed by atoms with Crippen molar-refractivity contribution < 1.29 is 9.18 Å². The van der Waals surface area contributed by atoms with Gasteiger partial charge in [-0.15, -0.1) is 0 Å². The number of benzene rings is 1. The second-order valence-corrected chi connectivity index (χ2v) is 12.6. The summed E-state index contributed by atoms with van der Waals surface area (Å²) in [4.78, 5) is 31.9. The summed E-state index contributed by atoms with van der Waals surface area (Å²) in [5.74, 6) is 1.42. The van der Waals surface area contributed by atoms with Crippen LogP contribution in [0.25, 0.3) is 21.7 Å². The first-order valence-corrected chi connectivity index (χ1v) is 15.5. The van der Waals surface area contributed by atoms with Gasteiger partial charge >= 0.3 is 235 Å². The molecule has 4 aromatic rings. The van der Waals surface area contributed by atoms with E-state index in [0.29, 0.717) is 34.5 Å². The number of halogens is 1. The van der Waals surface area contributed by atoms with E-state index in [1.165, 1.54) is 45.5 Å². The van der Waals surface area contributed by atoms with Gasteiger partial charge in [0.25, 0.3) is 0 Å².